The van der Waals surface area contributed by atoms with Gasteiger partial charge in [0.2, 0.25) is 0 Å². The molecule has 1 heterocycles. The van der Waals surface area contributed by atoms with Crippen molar-refractivity contribution in [3.8, 4) is 0 Å². The van der Waals surface area contributed by atoms with Crippen LogP contribution in [0.15, 0.2) is 22.7 Å². The first-order valence-corrected chi connectivity index (χ1v) is 7.87. The number of halogens is 1. The van der Waals surface area contributed by atoms with E-state index in [0.717, 1.165) is 29.7 Å². The summed E-state index contributed by atoms with van der Waals surface area (Å²) in [5, 5.41) is 0. The zero-order chi connectivity index (χ0) is 15.6. The van der Waals surface area contributed by atoms with E-state index in [1.165, 1.54) is 7.11 Å². The van der Waals surface area contributed by atoms with E-state index < -0.39 is 0 Å². The van der Waals surface area contributed by atoms with Crippen molar-refractivity contribution in [1.82, 2.24) is 4.90 Å². The topological polar surface area (TPSA) is 38.8 Å². The van der Waals surface area contributed by atoms with Gasteiger partial charge in [0.25, 0.3) is 0 Å². The Kier molecular flexibility index (Phi) is 5.07. The van der Waals surface area contributed by atoms with Crippen LogP contribution in [-0.4, -0.2) is 42.8 Å². The lowest BCUT2D eigenvalue weighted by Gasteiger charge is -2.41. The maximum Gasteiger partial charge on any atom is 0.337 e. The van der Waals surface area contributed by atoms with Crippen molar-refractivity contribution < 1.29 is 14.3 Å². The number of esters is 1. The smallest absolute Gasteiger partial charge is 0.337 e. The molecule has 0 aromatic heterocycles. The number of hydrogen-bond acceptors (Lipinski definition) is 4. The van der Waals surface area contributed by atoms with Crippen LogP contribution in [0, 0.1) is 0 Å². The molecule has 0 bridgehead atoms. The van der Waals surface area contributed by atoms with Crippen LogP contribution < -0.4 is 0 Å². The van der Waals surface area contributed by atoms with Crippen LogP contribution in [0.25, 0.3) is 0 Å². The summed E-state index contributed by atoms with van der Waals surface area (Å²) in [5.41, 5.74) is 1.59. The molecule has 1 aromatic carbocycles. The van der Waals surface area contributed by atoms with E-state index in [-0.39, 0.29) is 17.7 Å². The van der Waals surface area contributed by atoms with Gasteiger partial charge in [0.1, 0.15) is 0 Å². The molecule has 0 amide bonds. The largest absolute Gasteiger partial charge is 0.465 e. The molecule has 1 aliphatic rings. The zero-order valence-electron chi connectivity index (χ0n) is 13.0. The highest BCUT2D eigenvalue weighted by Gasteiger charge is 2.31. The summed E-state index contributed by atoms with van der Waals surface area (Å²) in [6.45, 7) is 8.97. The fourth-order valence-electron chi connectivity index (χ4n) is 2.87. The van der Waals surface area contributed by atoms with Crippen molar-refractivity contribution in [2.24, 2.45) is 0 Å². The predicted octanol–water partition coefficient (Wildman–Crippen LogP) is 3.24. The van der Waals surface area contributed by atoms with Crippen molar-refractivity contribution in [3.05, 3.63) is 33.8 Å². The lowest BCUT2D eigenvalue weighted by atomic mass is 10.0. The Balaban J connectivity index is 2.11. The fraction of sp³-hybridized carbons (Fsp3) is 0.562. The van der Waals surface area contributed by atoms with E-state index in [1.54, 1.807) is 6.07 Å². The van der Waals surface area contributed by atoms with Gasteiger partial charge in [0.05, 0.1) is 24.4 Å². The highest BCUT2D eigenvalue weighted by Crippen LogP contribution is 2.25. The number of benzene rings is 1. The molecule has 116 valence electrons. The lowest BCUT2D eigenvalue weighted by Crippen LogP contribution is -2.51. The molecule has 0 N–H and O–H groups in total. The summed E-state index contributed by atoms with van der Waals surface area (Å²) in [5.74, 6) is -0.316. The van der Waals surface area contributed by atoms with E-state index in [9.17, 15) is 4.79 Å². The monoisotopic (exact) mass is 355 g/mol. The molecule has 1 saturated heterocycles. The van der Waals surface area contributed by atoms with Crippen LogP contribution in [-0.2, 0) is 16.0 Å². The summed E-state index contributed by atoms with van der Waals surface area (Å²) in [6.07, 6.45) is 0.224. The van der Waals surface area contributed by atoms with Crippen molar-refractivity contribution in [1.29, 1.82) is 0 Å². The van der Waals surface area contributed by atoms with Crippen molar-refractivity contribution >= 4 is 21.9 Å². The molecular formula is C16H22BrNO3. The molecule has 1 atom stereocenters. The molecule has 0 saturated carbocycles. The molecular weight excluding hydrogens is 334 g/mol. The molecule has 21 heavy (non-hydrogen) atoms. The Hall–Kier alpha value is -0.910. The van der Waals surface area contributed by atoms with Gasteiger partial charge in [-0.25, -0.2) is 4.79 Å². The molecule has 1 aliphatic heterocycles. The van der Waals surface area contributed by atoms with E-state index in [4.69, 9.17) is 9.47 Å². The zero-order valence-corrected chi connectivity index (χ0v) is 14.6. The van der Waals surface area contributed by atoms with Gasteiger partial charge < -0.3 is 9.47 Å². The average molecular weight is 356 g/mol. The predicted molar refractivity (Wildman–Crippen MR) is 85.4 cm³/mol. The van der Waals surface area contributed by atoms with Crippen LogP contribution in [0.1, 0.15) is 36.7 Å². The highest BCUT2D eigenvalue weighted by atomic mass is 79.9. The van der Waals surface area contributed by atoms with E-state index >= 15 is 0 Å². The molecule has 1 aromatic rings. The van der Waals surface area contributed by atoms with Crippen LogP contribution in [0.5, 0.6) is 0 Å². The Bertz CT molecular complexity index is 530. The molecule has 4 nitrogen and oxygen atoms in total. The minimum absolute atomic E-state index is 0.129. The Morgan fingerprint density at radius 3 is 2.81 bits per heavy atom. The van der Waals surface area contributed by atoms with Crippen LogP contribution in [0.3, 0.4) is 0 Å². The summed E-state index contributed by atoms with van der Waals surface area (Å²) in [7, 11) is 1.39. The van der Waals surface area contributed by atoms with Gasteiger partial charge in [-0.3, -0.25) is 4.90 Å². The number of nitrogens with zero attached hydrogens (tertiary/aromatic N) is 1. The quantitative estimate of drug-likeness (QED) is 0.780. The first kappa shape index (κ1) is 16.5. The number of rotatable bonds is 3. The number of morpholine rings is 1. The molecule has 0 aliphatic carbocycles. The maximum absolute atomic E-state index is 11.5. The lowest BCUT2D eigenvalue weighted by molar-refractivity contribution is -0.130. The summed E-state index contributed by atoms with van der Waals surface area (Å²) in [4.78, 5) is 13.9. The summed E-state index contributed by atoms with van der Waals surface area (Å²) >= 11 is 3.55. The summed E-state index contributed by atoms with van der Waals surface area (Å²) < 4.78 is 11.6. The average Bonchev–Trinajstić information content (AvgIpc) is 2.37. The first-order valence-electron chi connectivity index (χ1n) is 7.07. The third-order valence-electron chi connectivity index (χ3n) is 3.51. The highest BCUT2D eigenvalue weighted by molar-refractivity contribution is 9.10. The van der Waals surface area contributed by atoms with Gasteiger partial charge in [-0.2, -0.15) is 0 Å². The summed E-state index contributed by atoms with van der Waals surface area (Å²) in [6, 6.07) is 5.60. The third kappa shape index (κ3) is 4.28. The Morgan fingerprint density at radius 1 is 1.52 bits per heavy atom. The van der Waals surface area contributed by atoms with E-state index in [0.29, 0.717) is 5.56 Å². The molecule has 2 rings (SSSR count). The van der Waals surface area contributed by atoms with E-state index in [2.05, 4.69) is 41.6 Å². The van der Waals surface area contributed by atoms with Crippen molar-refractivity contribution in [3.63, 3.8) is 0 Å². The van der Waals surface area contributed by atoms with Crippen molar-refractivity contribution in [2.75, 3.05) is 20.2 Å². The SMILES string of the molecule is COC(=O)c1ccc(CN2CC(C)OC(C)(C)C2)c(Br)c1. The molecule has 5 heteroatoms. The number of carbonyl (C=O) groups is 1. The minimum atomic E-state index is -0.316. The maximum atomic E-state index is 11.5. The standard InChI is InChI=1S/C16H22BrNO3/c1-11-8-18(10-16(2,3)21-11)9-13-6-5-12(7-14(13)17)15(19)20-4/h5-7,11H,8-10H2,1-4H3. The van der Waals surface area contributed by atoms with Gasteiger partial charge in [-0.15, -0.1) is 0 Å². The molecule has 1 fully saturated rings. The molecule has 0 radical (unpaired) electrons. The Morgan fingerprint density at radius 2 is 2.24 bits per heavy atom. The second-order valence-electron chi connectivity index (χ2n) is 6.16. The van der Waals surface area contributed by atoms with Crippen LogP contribution in [0.4, 0.5) is 0 Å². The van der Waals surface area contributed by atoms with Gasteiger partial charge in [-0.1, -0.05) is 22.0 Å². The van der Waals surface area contributed by atoms with Crippen molar-refractivity contribution in [2.45, 2.75) is 39.0 Å². The number of carbonyl (C=O) groups excluding carboxylic acids is 1. The third-order valence-corrected chi connectivity index (χ3v) is 4.25. The fourth-order valence-corrected chi connectivity index (χ4v) is 3.37. The van der Waals surface area contributed by atoms with Gasteiger partial charge in [0, 0.05) is 24.1 Å². The minimum Gasteiger partial charge on any atom is -0.465 e. The van der Waals surface area contributed by atoms with Crippen LogP contribution >= 0.6 is 15.9 Å². The first-order chi connectivity index (χ1) is 9.80. The Labute approximate surface area is 134 Å². The normalized spacial score (nSPS) is 22.0. The van der Waals surface area contributed by atoms with E-state index in [1.807, 2.05) is 12.1 Å². The molecule has 1 unspecified atom stereocenters. The second-order valence-corrected chi connectivity index (χ2v) is 7.01. The number of ether oxygens (including phenoxy) is 2. The van der Waals surface area contributed by atoms with Gasteiger partial charge >= 0.3 is 5.97 Å². The van der Waals surface area contributed by atoms with Crippen LogP contribution in [0.2, 0.25) is 0 Å². The number of hydrogen-bond donors (Lipinski definition) is 0. The number of methoxy groups -OCH3 is 1. The second kappa shape index (κ2) is 6.46. The van der Waals surface area contributed by atoms with Gasteiger partial charge in [-0.05, 0) is 38.5 Å². The molecule has 0 spiro atoms. The van der Waals surface area contributed by atoms with Gasteiger partial charge in [0.15, 0.2) is 0 Å².